The number of fused-ring (bicyclic) bond motifs is 2. The molecule has 310 valence electrons. The fourth-order valence-corrected chi connectivity index (χ4v) is 8.61. The number of rotatable bonds is 13. The first-order valence-corrected chi connectivity index (χ1v) is 24.3. The lowest BCUT2D eigenvalue weighted by molar-refractivity contribution is 0.0568. The van der Waals surface area contributed by atoms with Crippen molar-refractivity contribution >= 4 is 36.5 Å². The second-order valence-corrected chi connectivity index (χ2v) is 22.3. The minimum absolute atomic E-state index is 0.00141. The smallest absolute Gasteiger partial charge is 0.274 e. The van der Waals surface area contributed by atoms with Gasteiger partial charge in [0.05, 0.1) is 40.8 Å². The van der Waals surface area contributed by atoms with Gasteiger partial charge in [0.1, 0.15) is 29.6 Å². The van der Waals surface area contributed by atoms with Crippen LogP contribution in [0.5, 0.6) is 0 Å². The van der Waals surface area contributed by atoms with E-state index in [-0.39, 0.29) is 35.6 Å². The molecule has 0 saturated heterocycles. The number of aryl methyl sites for hydroxylation is 2. The zero-order valence-corrected chi connectivity index (χ0v) is 35.7. The quantitative estimate of drug-likeness (QED) is 0.0656. The number of aromatic nitrogens is 4. The van der Waals surface area contributed by atoms with Crippen molar-refractivity contribution in [1.29, 1.82) is 0 Å². The normalized spacial score (nSPS) is 13.9. The van der Waals surface area contributed by atoms with Crippen LogP contribution in [-0.4, -0.2) is 50.7 Å². The number of ether oxygens (including phenoxy) is 1. The molecule has 0 fully saturated rings. The Bertz CT molecular complexity index is 2660. The Morgan fingerprint density at radius 1 is 0.885 bits per heavy atom. The van der Waals surface area contributed by atoms with E-state index in [0.29, 0.717) is 41.3 Å². The van der Waals surface area contributed by atoms with Crippen molar-refractivity contribution in [2.75, 3.05) is 6.61 Å². The van der Waals surface area contributed by atoms with Crippen LogP contribution in [0.25, 0.3) is 22.2 Å². The van der Waals surface area contributed by atoms with Crippen LogP contribution < -0.4 is 0 Å². The molecule has 0 unspecified atom stereocenters. The number of benzene rings is 3. The first-order valence-electron chi connectivity index (χ1n) is 20.6. The van der Waals surface area contributed by atoms with Gasteiger partial charge in [-0.3, -0.25) is 14.8 Å². The SMILES string of the molecule is Cc1cc2c(nc1N=C(c1ccccc1)c1ccccc1)c(F)c(C(=O)N(Cc1ccc(-c3c(F)cccc3F)cn1)[C@@H]1CCCc3cccnc31)n2COCC[Si](C)(C)C. The van der Waals surface area contributed by atoms with Gasteiger partial charge in [0, 0.05) is 43.8 Å². The summed E-state index contributed by atoms with van der Waals surface area (Å²) in [6.45, 7) is 8.98. The second-order valence-electron chi connectivity index (χ2n) is 16.7. The first kappa shape index (κ1) is 41.5. The summed E-state index contributed by atoms with van der Waals surface area (Å²) < 4.78 is 54.8. The Labute approximate surface area is 354 Å². The molecule has 1 aliphatic carbocycles. The van der Waals surface area contributed by atoms with E-state index in [1.807, 2.05) is 85.8 Å². The monoisotopic (exact) mass is 836 g/mol. The summed E-state index contributed by atoms with van der Waals surface area (Å²) in [6.07, 6.45) is 5.26. The standard InChI is InChI=1S/C49H47F3N6O2Si/c1-32-28-41-46(56-48(32)55-44(33-14-7-5-8-15-33)34-16-9-6-10-17-34)43(52)47(58(41)31-60-26-27-61(2,3)4)49(59)57(40-22-11-18-35-19-13-25-53-45(35)40)30-37-24-23-36(29-54-37)42-38(50)20-12-21-39(42)51/h5-10,12-17,19-21,23-25,28-29,40H,11,18,22,26-27,30-31H2,1-4H3/t40-/m1/s1. The Balaban J connectivity index is 1.25. The molecule has 0 saturated carbocycles. The summed E-state index contributed by atoms with van der Waals surface area (Å²) in [5.41, 5.74) is 5.58. The van der Waals surface area contributed by atoms with Crippen LogP contribution in [0.2, 0.25) is 25.7 Å². The van der Waals surface area contributed by atoms with Crippen molar-refractivity contribution in [1.82, 2.24) is 24.4 Å². The molecule has 1 aliphatic rings. The highest BCUT2D eigenvalue weighted by Gasteiger charge is 2.36. The zero-order chi connectivity index (χ0) is 42.7. The molecule has 4 aromatic heterocycles. The Morgan fingerprint density at radius 2 is 1.59 bits per heavy atom. The van der Waals surface area contributed by atoms with Crippen molar-refractivity contribution < 1.29 is 22.7 Å². The van der Waals surface area contributed by atoms with Gasteiger partial charge >= 0.3 is 0 Å². The molecule has 0 N–H and O–H groups in total. The minimum Gasteiger partial charge on any atom is -0.361 e. The lowest BCUT2D eigenvalue weighted by Crippen LogP contribution is -2.38. The van der Waals surface area contributed by atoms with E-state index in [0.717, 1.165) is 41.3 Å². The van der Waals surface area contributed by atoms with Crippen LogP contribution >= 0.6 is 0 Å². The van der Waals surface area contributed by atoms with E-state index in [4.69, 9.17) is 19.7 Å². The maximum Gasteiger partial charge on any atom is 0.274 e. The minimum atomic E-state index is -1.48. The zero-order valence-electron chi connectivity index (χ0n) is 34.7. The van der Waals surface area contributed by atoms with Crippen LogP contribution in [0, 0.1) is 24.4 Å². The van der Waals surface area contributed by atoms with Gasteiger partial charge in [0.15, 0.2) is 11.6 Å². The van der Waals surface area contributed by atoms with Crippen molar-refractivity contribution in [2.24, 2.45) is 4.99 Å². The summed E-state index contributed by atoms with van der Waals surface area (Å²) in [6, 6.07) is 32.5. The number of halogens is 3. The fourth-order valence-electron chi connectivity index (χ4n) is 7.85. The fraction of sp³-hybridized carbons (Fsp3) is 0.245. The number of carbonyl (C=O) groups excluding carboxylic acids is 1. The predicted molar refractivity (Wildman–Crippen MR) is 236 cm³/mol. The molecule has 7 aromatic rings. The lowest BCUT2D eigenvalue weighted by Gasteiger charge is -2.35. The Morgan fingerprint density at radius 3 is 2.25 bits per heavy atom. The van der Waals surface area contributed by atoms with Gasteiger partial charge in [-0.2, -0.15) is 0 Å². The summed E-state index contributed by atoms with van der Waals surface area (Å²) in [5, 5.41) is 0. The maximum absolute atomic E-state index is 17.5. The van der Waals surface area contributed by atoms with Gasteiger partial charge in [-0.05, 0) is 73.7 Å². The molecule has 61 heavy (non-hydrogen) atoms. The number of hydrogen-bond acceptors (Lipinski definition) is 6. The van der Waals surface area contributed by atoms with Crippen LogP contribution in [0.1, 0.15) is 63.0 Å². The molecule has 12 heteroatoms. The molecule has 0 radical (unpaired) electrons. The van der Waals surface area contributed by atoms with Crippen LogP contribution in [0.3, 0.4) is 0 Å². The molecule has 3 aromatic carbocycles. The number of nitrogens with zero attached hydrogens (tertiary/aromatic N) is 6. The van der Waals surface area contributed by atoms with Crippen molar-refractivity contribution in [3.63, 3.8) is 0 Å². The van der Waals surface area contributed by atoms with E-state index in [9.17, 15) is 8.78 Å². The average molecular weight is 837 g/mol. The molecule has 0 bridgehead atoms. The second kappa shape index (κ2) is 17.8. The highest BCUT2D eigenvalue weighted by atomic mass is 28.3. The summed E-state index contributed by atoms with van der Waals surface area (Å²) in [4.78, 5) is 36.2. The van der Waals surface area contributed by atoms with E-state index >= 15 is 9.18 Å². The van der Waals surface area contributed by atoms with Crippen molar-refractivity contribution in [2.45, 2.75) is 71.2 Å². The highest BCUT2D eigenvalue weighted by molar-refractivity contribution is 6.76. The molecule has 4 heterocycles. The third-order valence-corrected chi connectivity index (χ3v) is 12.8. The molecule has 8 rings (SSSR count). The van der Waals surface area contributed by atoms with E-state index < -0.39 is 37.5 Å². The van der Waals surface area contributed by atoms with Crippen molar-refractivity contribution in [3.05, 3.63) is 178 Å². The predicted octanol–water partition coefficient (Wildman–Crippen LogP) is 11.4. The number of amides is 1. The van der Waals surface area contributed by atoms with Crippen LogP contribution in [0.15, 0.2) is 127 Å². The van der Waals surface area contributed by atoms with Crippen LogP contribution in [0.4, 0.5) is 19.0 Å². The van der Waals surface area contributed by atoms with Gasteiger partial charge in [0.25, 0.3) is 5.91 Å². The average Bonchev–Trinajstić information content (AvgIpc) is 3.52. The Hall–Kier alpha value is -6.24. The molecule has 1 amide bonds. The largest absolute Gasteiger partial charge is 0.361 e. The third kappa shape index (κ3) is 8.96. The summed E-state index contributed by atoms with van der Waals surface area (Å²) in [5.74, 6) is -2.47. The van der Waals surface area contributed by atoms with E-state index in [1.54, 1.807) is 27.8 Å². The van der Waals surface area contributed by atoms with Gasteiger partial charge in [0.2, 0.25) is 0 Å². The number of pyridine rings is 3. The topological polar surface area (TPSA) is 85.5 Å². The van der Waals surface area contributed by atoms with E-state index in [2.05, 4.69) is 24.6 Å². The molecular weight excluding hydrogens is 790 g/mol. The first-order chi connectivity index (χ1) is 29.5. The number of hydrogen-bond donors (Lipinski definition) is 0. The number of aliphatic imine (C=N–C) groups is 1. The third-order valence-electron chi connectivity index (χ3n) is 11.1. The Kier molecular flexibility index (Phi) is 12.1. The lowest BCUT2D eigenvalue weighted by atomic mass is 9.90. The van der Waals surface area contributed by atoms with E-state index in [1.165, 1.54) is 24.4 Å². The summed E-state index contributed by atoms with van der Waals surface area (Å²) >= 11 is 0. The van der Waals surface area contributed by atoms with Crippen molar-refractivity contribution in [3.8, 4) is 11.1 Å². The molecule has 8 nitrogen and oxygen atoms in total. The highest BCUT2D eigenvalue weighted by Crippen LogP contribution is 2.37. The number of carbonyl (C=O) groups is 1. The molecule has 0 spiro atoms. The van der Waals surface area contributed by atoms with Gasteiger partial charge in [-0.15, -0.1) is 0 Å². The summed E-state index contributed by atoms with van der Waals surface area (Å²) in [7, 11) is -1.48. The van der Waals surface area contributed by atoms with Gasteiger partial charge in [-0.25, -0.2) is 23.1 Å². The molecule has 0 aliphatic heterocycles. The van der Waals surface area contributed by atoms with Crippen LogP contribution in [-0.2, 0) is 24.4 Å². The molecule has 1 atom stereocenters. The van der Waals surface area contributed by atoms with Gasteiger partial charge in [-0.1, -0.05) is 98.5 Å². The van der Waals surface area contributed by atoms with Gasteiger partial charge < -0.3 is 14.2 Å². The maximum atomic E-state index is 17.5. The molecular formula is C49H47F3N6O2Si.